The molecule has 8 aromatic rings. The molecule has 1 aliphatic heterocycles. The Morgan fingerprint density at radius 1 is 0.531 bits per heavy atom. The molecule has 328 valence electrons. The van der Waals surface area contributed by atoms with Crippen LogP contribution in [0.15, 0.2) is 164 Å². The van der Waals surface area contributed by atoms with E-state index >= 15 is 0 Å². The number of pyridine rings is 1. The fourth-order valence-corrected chi connectivity index (χ4v) is 8.76. The second-order valence-corrected chi connectivity index (χ2v) is 20.0. The Labute approximate surface area is 394 Å². The summed E-state index contributed by atoms with van der Waals surface area (Å²) in [7, 11) is 0. The van der Waals surface area contributed by atoms with Gasteiger partial charge in [0.15, 0.2) is 0 Å². The van der Waals surface area contributed by atoms with Crippen LogP contribution in [0.5, 0.6) is 11.5 Å². The van der Waals surface area contributed by atoms with Crippen molar-refractivity contribution in [2.45, 2.75) is 85.5 Å². The summed E-state index contributed by atoms with van der Waals surface area (Å²) < 4.78 is 8.85. The van der Waals surface area contributed by atoms with E-state index in [2.05, 4.69) is 236 Å². The average Bonchev–Trinajstić information content (AvgIpc) is 3.88. The van der Waals surface area contributed by atoms with Crippen molar-refractivity contribution in [3.8, 4) is 17.3 Å². The molecule has 0 atom stereocenters. The van der Waals surface area contributed by atoms with Crippen molar-refractivity contribution >= 4 is 33.2 Å². The summed E-state index contributed by atoms with van der Waals surface area (Å²) in [6, 6.07) is 58.8. The normalized spacial score (nSPS) is 13.6. The van der Waals surface area contributed by atoms with Gasteiger partial charge in [-0.2, -0.15) is 12.1 Å². The molecule has 0 fully saturated rings. The van der Waals surface area contributed by atoms with Crippen molar-refractivity contribution in [3.63, 3.8) is 0 Å². The summed E-state index contributed by atoms with van der Waals surface area (Å²) in [6.45, 7) is 25.1. The standard InChI is InChI=1S/C58H57N4O.Pt/c1-55(2,3)43-32-44(58(9,10)41-22-15-12-16-23-41)34-46(33-43)61-39-60(38-53(61)56(4,5)6)45-24-19-25-47(36-45)63-48-28-29-50-49-26-17-18-27-51(49)62(52(50)37-48)54-35-42(30-31-59-54)57(7,8)40-20-13-11-14-21-40;/h11-35,38-39H,1-10H3;/q-3;. The molecule has 3 heterocycles. The summed E-state index contributed by atoms with van der Waals surface area (Å²) in [5, 5.41) is 2.22. The summed E-state index contributed by atoms with van der Waals surface area (Å²) in [5.41, 5.74) is 10.9. The van der Waals surface area contributed by atoms with Crippen molar-refractivity contribution in [1.29, 1.82) is 0 Å². The van der Waals surface area contributed by atoms with Crippen LogP contribution in [0.1, 0.15) is 97.1 Å². The smallest absolute Gasteiger partial charge is 0.135 e. The third-order valence-electron chi connectivity index (χ3n) is 12.8. The summed E-state index contributed by atoms with van der Waals surface area (Å²) >= 11 is 0. The number of rotatable bonds is 9. The van der Waals surface area contributed by atoms with Gasteiger partial charge in [0, 0.05) is 71.9 Å². The van der Waals surface area contributed by atoms with E-state index in [1.165, 1.54) is 33.5 Å². The molecule has 0 N–H and O–H groups in total. The molecule has 64 heavy (non-hydrogen) atoms. The van der Waals surface area contributed by atoms with Gasteiger partial charge in [-0.1, -0.05) is 160 Å². The van der Waals surface area contributed by atoms with Crippen molar-refractivity contribution < 1.29 is 25.8 Å². The first kappa shape index (κ1) is 44.7. The number of para-hydroxylation sites is 1. The van der Waals surface area contributed by atoms with Gasteiger partial charge >= 0.3 is 0 Å². The van der Waals surface area contributed by atoms with Crippen LogP contribution in [0, 0.1) is 24.2 Å². The Morgan fingerprint density at radius 2 is 1.16 bits per heavy atom. The van der Waals surface area contributed by atoms with Crippen molar-refractivity contribution in [3.05, 3.63) is 210 Å². The molecule has 0 aliphatic carbocycles. The molecule has 0 saturated carbocycles. The number of hydrogen-bond donors (Lipinski definition) is 0. The quantitative estimate of drug-likeness (QED) is 0.135. The maximum Gasteiger partial charge on any atom is 0.135 e. The number of allylic oxidation sites excluding steroid dienone is 1. The maximum atomic E-state index is 6.64. The number of benzene rings is 6. The predicted molar refractivity (Wildman–Crippen MR) is 262 cm³/mol. The maximum absolute atomic E-state index is 6.64. The minimum absolute atomic E-state index is 0. The van der Waals surface area contributed by atoms with Gasteiger partial charge in [-0.05, 0) is 75.2 Å². The van der Waals surface area contributed by atoms with Gasteiger partial charge < -0.3 is 19.1 Å². The van der Waals surface area contributed by atoms with E-state index in [1.54, 1.807) is 0 Å². The van der Waals surface area contributed by atoms with Gasteiger partial charge in [0.05, 0.1) is 0 Å². The summed E-state index contributed by atoms with van der Waals surface area (Å²) in [5.74, 6) is 2.05. The Balaban J connectivity index is 0.00000560. The van der Waals surface area contributed by atoms with Crippen LogP contribution in [0.2, 0.25) is 0 Å². The van der Waals surface area contributed by atoms with E-state index < -0.39 is 0 Å². The first-order chi connectivity index (χ1) is 30.0. The molecule has 0 radical (unpaired) electrons. The summed E-state index contributed by atoms with van der Waals surface area (Å²) in [6.07, 6.45) is 4.15. The Kier molecular flexibility index (Phi) is 11.8. The number of nitrogens with zero attached hydrogens (tertiary/aromatic N) is 4. The predicted octanol–water partition coefficient (Wildman–Crippen LogP) is 14.9. The first-order valence-electron chi connectivity index (χ1n) is 22.0. The molecule has 5 nitrogen and oxygen atoms in total. The number of fused-ring (bicyclic) bond motifs is 3. The van der Waals surface area contributed by atoms with Crippen LogP contribution < -0.4 is 14.5 Å². The van der Waals surface area contributed by atoms with Gasteiger partial charge in [0.1, 0.15) is 5.82 Å². The number of ether oxygens (including phenoxy) is 1. The second-order valence-electron chi connectivity index (χ2n) is 20.0. The fraction of sp³-hybridized carbons (Fsp3) is 0.241. The zero-order chi connectivity index (χ0) is 44.3. The van der Waals surface area contributed by atoms with Crippen LogP contribution in [-0.2, 0) is 37.3 Å². The first-order valence-corrected chi connectivity index (χ1v) is 22.0. The number of aromatic nitrogens is 2. The molecule has 0 bridgehead atoms. The van der Waals surface area contributed by atoms with Crippen LogP contribution in [0.3, 0.4) is 0 Å². The SMILES string of the molecule is CC(C)(C)C1=CN(c2[c-]c(Oc3[c-]c4c(cc3)c3ccccc3n4-c3cc(C(C)(C)c4ccccc4)ccn3)ccc2)[CH-]N1c1cc(C(C)(C)C)cc(C(C)(C)c2ccccc2)c1.[Pt]. The molecule has 2 aromatic heterocycles. The molecule has 0 amide bonds. The Morgan fingerprint density at radius 3 is 1.83 bits per heavy atom. The van der Waals surface area contributed by atoms with Crippen LogP contribution >= 0.6 is 0 Å². The molecule has 0 unspecified atom stereocenters. The topological polar surface area (TPSA) is 33.5 Å². The molecule has 9 rings (SSSR count). The minimum Gasteiger partial charge on any atom is -0.509 e. The Hall–Kier alpha value is -5.90. The van der Waals surface area contributed by atoms with Gasteiger partial charge in [0.2, 0.25) is 0 Å². The summed E-state index contributed by atoms with van der Waals surface area (Å²) in [4.78, 5) is 9.45. The molecule has 0 saturated heterocycles. The van der Waals surface area contributed by atoms with Crippen molar-refractivity contribution in [2.75, 3.05) is 9.80 Å². The van der Waals surface area contributed by atoms with Crippen molar-refractivity contribution in [1.82, 2.24) is 9.55 Å². The fourth-order valence-electron chi connectivity index (χ4n) is 8.76. The third-order valence-corrected chi connectivity index (χ3v) is 12.8. The monoisotopic (exact) mass is 1020 g/mol. The minimum atomic E-state index is -0.220. The van der Waals surface area contributed by atoms with E-state index in [4.69, 9.17) is 9.72 Å². The largest absolute Gasteiger partial charge is 0.509 e. The van der Waals surface area contributed by atoms with E-state index in [0.717, 1.165) is 39.0 Å². The zero-order valence-electron chi connectivity index (χ0n) is 38.6. The van der Waals surface area contributed by atoms with Crippen molar-refractivity contribution in [2.24, 2.45) is 5.41 Å². The third kappa shape index (κ3) is 8.43. The molecular formula is C58H57N4OPt-3. The van der Waals surface area contributed by atoms with Gasteiger partial charge in [-0.3, -0.25) is 0 Å². The van der Waals surface area contributed by atoms with E-state index in [-0.39, 0.29) is 42.7 Å². The number of anilines is 2. The van der Waals surface area contributed by atoms with Crippen LogP contribution in [0.4, 0.5) is 11.4 Å². The molecule has 1 aliphatic rings. The zero-order valence-corrected chi connectivity index (χ0v) is 40.9. The van der Waals surface area contributed by atoms with Crippen LogP contribution in [-0.4, -0.2) is 9.55 Å². The van der Waals surface area contributed by atoms with E-state index in [0.29, 0.717) is 11.5 Å². The van der Waals surface area contributed by atoms with E-state index in [9.17, 15) is 0 Å². The average molecular weight is 1020 g/mol. The molecule has 6 heteroatoms. The van der Waals surface area contributed by atoms with Crippen LogP contribution in [0.25, 0.3) is 27.6 Å². The number of hydrogen-bond acceptors (Lipinski definition) is 4. The Bertz CT molecular complexity index is 2990. The molecule has 0 spiro atoms. The second kappa shape index (κ2) is 16.9. The van der Waals surface area contributed by atoms with E-state index in [1.807, 2.05) is 24.4 Å². The van der Waals surface area contributed by atoms with Gasteiger partial charge in [0.25, 0.3) is 0 Å². The molecule has 6 aromatic carbocycles. The van der Waals surface area contributed by atoms with Gasteiger partial charge in [-0.25, -0.2) is 4.98 Å². The molecular weight excluding hydrogens is 964 g/mol. The van der Waals surface area contributed by atoms with Gasteiger partial charge in [-0.15, -0.1) is 48.1 Å².